The largest absolute Gasteiger partial charge is 0.465 e. The third-order valence-electron chi connectivity index (χ3n) is 6.93. The predicted molar refractivity (Wildman–Crippen MR) is 206 cm³/mol. The van der Waals surface area contributed by atoms with Gasteiger partial charge in [0, 0.05) is 66.1 Å². The number of nitrogens with one attached hydrogen (secondary N) is 2. The zero-order valence-electron chi connectivity index (χ0n) is 34.9. The molecule has 0 aliphatic carbocycles. The molecule has 61 heavy (non-hydrogen) atoms. The first kappa shape index (κ1) is 55.6. The number of alkyl carbamates (subject to hydrolysis) is 2. The van der Waals surface area contributed by atoms with E-state index in [1.54, 1.807) is 4.90 Å². The van der Waals surface area contributed by atoms with E-state index in [1.165, 1.54) is 25.7 Å². The summed E-state index contributed by atoms with van der Waals surface area (Å²) in [5, 5.41) is 4.91. The molecule has 25 heteroatoms. The first-order chi connectivity index (χ1) is 29.1. The van der Waals surface area contributed by atoms with Crippen LogP contribution in [0.5, 0.6) is 0 Å². The van der Waals surface area contributed by atoms with Gasteiger partial charge in [-0.15, -0.1) is 0 Å². The molecule has 0 aromatic carbocycles. The second-order valence-corrected chi connectivity index (χ2v) is 12.5. The highest BCUT2D eigenvalue weighted by Crippen LogP contribution is 1.96. The van der Waals surface area contributed by atoms with Crippen molar-refractivity contribution in [1.29, 1.82) is 0 Å². The van der Waals surface area contributed by atoms with E-state index in [-0.39, 0.29) is 130 Å². The van der Waals surface area contributed by atoms with Gasteiger partial charge >= 0.3 is 48.0 Å². The first-order valence-corrected chi connectivity index (χ1v) is 19.2. The Morgan fingerprint density at radius 3 is 1.10 bits per heavy atom. The van der Waals surface area contributed by atoms with Gasteiger partial charge in [0.05, 0.1) is 38.7 Å². The monoisotopic (exact) mass is 876 g/mol. The van der Waals surface area contributed by atoms with E-state index in [0.717, 1.165) is 0 Å². The minimum Gasteiger partial charge on any atom is -0.465 e. The molecule has 0 saturated heterocycles. The average Bonchev–Trinajstić information content (AvgIpc) is 3.16. The standard InChI is InChI=1S/C36H57BN4O20/c1-27(42)21-40(9-17-54-28(2)43)11-19-58-33(48)25-52-23-31(46)56-13-4-7-38-35(50)60-15-6-16-61-36(51)39-8-5-14-57-32(47)24-53-26-34(49)59-20-12-41(22-30(37)45)10-18-55-29(3)44/h4-26H2,1-3H3,(H,38,50)(H,39,51). The second kappa shape index (κ2) is 36.5. The number of carbonyl (C=O) groups excluding carboxylic acids is 10. The summed E-state index contributed by atoms with van der Waals surface area (Å²) < 4.78 is 49.4. The molecule has 2 N–H and O–H groups in total. The molecule has 0 aromatic rings. The van der Waals surface area contributed by atoms with Gasteiger partial charge in [-0.1, -0.05) is 0 Å². The maximum atomic E-state index is 11.8. The number of carbonyl (C=O) groups is 10. The summed E-state index contributed by atoms with van der Waals surface area (Å²) in [6.45, 7) is 2.66. The van der Waals surface area contributed by atoms with Crippen molar-refractivity contribution >= 4 is 67.3 Å². The highest BCUT2D eigenvalue weighted by Gasteiger charge is 2.14. The van der Waals surface area contributed by atoms with Crippen molar-refractivity contribution in [2.75, 3.05) is 132 Å². The fourth-order valence-corrected chi connectivity index (χ4v) is 4.28. The number of rotatable bonds is 36. The number of ketones is 1. The molecule has 0 rings (SSSR count). The van der Waals surface area contributed by atoms with Crippen LogP contribution < -0.4 is 10.6 Å². The molecule has 0 aliphatic heterocycles. The maximum absolute atomic E-state index is 11.8. The van der Waals surface area contributed by atoms with Gasteiger partial charge in [0.15, 0.2) is 7.85 Å². The Morgan fingerprint density at radius 1 is 0.426 bits per heavy atom. The normalized spacial score (nSPS) is 10.6. The molecular weight excluding hydrogens is 819 g/mol. The van der Waals surface area contributed by atoms with Crippen LogP contribution in [0.15, 0.2) is 0 Å². The van der Waals surface area contributed by atoms with Gasteiger partial charge in [-0.3, -0.25) is 24.2 Å². The number of hydrogen-bond donors (Lipinski definition) is 2. The molecule has 2 radical (unpaired) electrons. The van der Waals surface area contributed by atoms with Crippen LogP contribution in [-0.4, -0.2) is 209 Å². The minimum absolute atomic E-state index is 0.0291. The molecule has 344 valence electrons. The molecular formula is C36H57BN4O20. The van der Waals surface area contributed by atoms with E-state index in [9.17, 15) is 47.9 Å². The van der Waals surface area contributed by atoms with Crippen LogP contribution in [0.4, 0.5) is 9.59 Å². The Kier molecular flexibility index (Phi) is 33.2. The van der Waals surface area contributed by atoms with Crippen molar-refractivity contribution in [1.82, 2.24) is 20.4 Å². The highest BCUT2D eigenvalue weighted by molar-refractivity contribution is 6.58. The van der Waals surface area contributed by atoms with Gasteiger partial charge in [-0.2, -0.15) is 0 Å². The first-order valence-electron chi connectivity index (χ1n) is 19.2. The lowest BCUT2D eigenvalue weighted by Gasteiger charge is -2.20. The van der Waals surface area contributed by atoms with E-state index in [4.69, 9.17) is 55.2 Å². The molecule has 2 amide bonds. The molecule has 0 aromatic heterocycles. The summed E-state index contributed by atoms with van der Waals surface area (Å²) in [5.74, 6) is -4.02. The van der Waals surface area contributed by atoms with Crippen molar-refractivity contribution in [2.45, 2.75) is 40.0 Å². The van der Waals surface area contributed by atoms with Crippen molar-refractivity contribution in [3.05, 3.63) is 0 Å². The van der Waals surface area contributed by atoms with Crippen LogP contribution in [0.25, 0.3) is 0 Å². The van der Waals surface area contributed by atoms with Crippen LogP contribution in [0.1, 0.15) is 40.0 Å². The lowest BCUT2D eigenvalue weighted by molar-refractivity contribution is -0.157. The summed E-state index contributed by atoms with van der Waals surface area (Å²) in [6, 6.07) is 0. The van der Waals surface area contributed by atoms with Crippen molar-refractivity contribution < 1.29 is 95.3 Å². The topological polar surface area (TPSA) is 294 Å². The number of hydrogen-bond acceptors (Lipinski definition) is 22. The molecule has 0 bridgehead atoms. The van der Waals surface area contributed by atoms with E-state index < -0.39 is 80.1 Å². The summed E-state index contributed by atoms with van der Waals surface area (Å²) in [6.07, 6.45) is -0.752. The second-order valence-electron chi connectivity index (χ2n) is 12.5. The van der Waals surface area contributed by atoms with E-state index in [0.29, 0.717) is 0 Å². The van der Waals surface area contributed by atoms with E-state index in [2.05, 4.69) is 10.6 Å². The summed E-state index contributed by atoms with van der Waals surface area (Å²) in [4.78, 5) is 118. The molecule has 0 unspecified atom stereocenters. The van der Waals surface area contributed by atoms with E-state index >= 15 is 0 Å². The number of esters is 6. The number of nitrogens with zero attached hydrogens (tertiary/aromatic N) is 2. The number of amides is 2. The lowest BCUT2D eigenvalue weighted by Crippen LogP contribution is -2.36. The smallest absolute Gasteiger partial charge is 0.407 e. The van der Waals surface area contributed by atoms with Gasteiger partial charge in [0.1, 0.15) is 58.6 Å². The third kappa shape index (κ3) is 38.6. The van der Waals surface area contributed by atoms with Gasteiger partial charge < -0.3 is 62.8 Å². The fraction of sp³-hybridized carbons (Fsp3) is 0.722. The summed E-state index contributed by atoms with van der Waals surface area (Å²) in [7, 11) is 5.18. The Balaban J connectivity index is 3.79. The Morgan fingerprint density at radius 2 is 0.754 bits per heavy atom. The van der Waals surface area contributed by atoms with Gasteiger partial charge in [-0.25, -0.2) is 28.8 Å². The van der Waals surface area contributed by atoms with Gasteiger partial charge in [0.2, 0.25) is 0 Å². The van der Waals surface area contributed by atoms with Crippen LogP contribution in [0.2, 0.25) is 0 Å². The Labute approximate surface area is 354 Å². The summed E-state index contributed by atoms with van der Waals surface area (Å²) >= 11 is 0. The van der Waals surface area contributed by atoms with Crippen molar-refractivity contribution in [3.8, 4) is 0 Å². The predicted octanol–water partition coefficient (Wildman–Crippen LogP) is -2.17. The minimum atomic E-state index is -0.760. The Hall–Kier alpha value is -5.40. The van der Waals surface area contributed by atoms with Crippen LogP contribution in [0, 0.1) is 0 Å². The molecule has 0 fully saturated rings. The molecule has 0 heterocycles. The van der Waals surface area contributed by atoms with Gasteiger partial charge in [-0.05, 0) is 19.8 Å². The van der Waals surface area contributed by atoms with Crippen molar-refractivity contribution in [2.24, 2.45) is 0 Å². The number of Topliss-reactive ketones (excluding diaryl/α,β-unsaturated/α-hetero) is 1. The zero-order chi connectivity index (χ0) is 45.7. The SMILES string of the molecule is [B]C(=O)CN(CCOC(C)=O)CCOC(=O)COCC(=O)OCCCNC(=O)OCCCOC(=O)NCCCOC(=O)COCC(=O)OCCN(CCOC(C)=O)CC(C)=O. The quantitative estimate of drug-likeness (QED) is 0.0293. The zero-order valence-corrected chi connectivity index (χ0v) is 34.9. The highest BCUT2D eigenvalue weighted by atomic mass is 16.6. The maximum Gasteiger partial charge on any atom is 0.407 e. The Bertz CT molecular complexity index is 1290. The third-order valence-corrected chi connectivity index (χ3v) is 6.93. The molecule has 0 aliphatic rings. The fourth-order valence-electron chi connectivity index (χ4n) is 4.28. The molecule has 24 nitrogen and oxygen atoms in total. The summed E-state index contributed by atoms with van der Waals surface area (Å²) in [5.41, 5.74) is -0.612. The molecule has 0 saturated carbocycles. The lowest BCUT2D eigenvalue weighted by atomic mass is 10.0. The van der Waals surface area contributed by atoms with E-state index in [1.807, 2.05) is 0 Å². The molecule has 0 atom stereocenters. The molecule has 0 spiro atoms. The van der Waals surface area contributed by atoms with Crippen molar-refractivity contribution in [3.63, 3.8) is 0 Å². The van der Waals surface area contributed by atoms with Crippen LogP contribution in [0.3, 0.4) is 0 Å². The van der Waals surface area contributed by atoms with Crippen LogP contribution >= 0.6 is 0 Å². The number of ether oxygens (including phenoxy) is 10. The van der Waals surface area contributed by atoms with Crippen LogP contribution in [-0.2, 0) is 85.7 Å². The van der Waals surface area contributed by atoms with Gasteiger partial charge in [0.25, 0.3) is 0 Å². The average molecular weight is 877 g/mol.